The number of hydrogen-bond donors (Lipinski definition) is 23. The number of aliphatic carboxylic acids is 2. The van der Waals surface area contributed by atoms with E-state index in [0.29, 0.717) is 12.8 Å². The molecule has 0 spiro atoms. The van der Waals surface area contributed by atoms with Crippen molar-refractivity contribution in [3.63, 3.8) is 0 Å². The number of allylic oxidation sites excluding steroid dienone is 1. The van der Waals surface area contributed by atoms with Crippen molar-refractivity contribution in [2.75, 3.05) is 46.2 Å². The summed E-state index contributed by atoms with van der Waals surface area (Å²) in [5.41, 5.74) is 0. The van der Waals surface area contributed by atoms with Crippen molar-refractivity contribution in [3.05, 3.63) is 12.2 Å². The van der Waals surface area contributed by atoms with E-state index in [4.69, 9.17) is 56.8 Å². The first-order valence-electron chi connectivity index (χ1n) is 37.7. The standard InChI is InChI=1S/C69H118N4O39/c1-5-6-7-8-9-10-11-12-13-14-15-16-17-18-19-20-35(83)34(70-30-79)28-101-63-53(94)51(92)57(41(26-77)104-63)108-64-54(95)52(93)56(42(27-78)105-64)107-62-46(73-33(4)82)58(50(91)43(106-62)29-102-68(66(97)98)21-36(84)44(71-31(2)80)59(110-68)47(88)38(86)23-74)109-65-55(96)61(49(90)40(25-76)103-65)112-69(67(99)100)22-37(85)45(72-32(3)81)60(111-69)48(89)39(87)24-75/h19-20,30,34-65,74-78,83-96H,5-18,21-29H2,1-4H3,(H,70,79)(H,71,80)(H,72,81)(H,73,82)(H,97,98)(H,99,100)/p-2/b20-19+/t34-,35+,36-,37-,38+,39+,40+,41+,42+,43+,44+,45+,46+,47+,48+,49-,50-,51+,52+,53+,54+,55+,56-,57+,58+,59+,60+,61-,62-,63+,64-,65-,68+,69-/m0/s1. The molecular formula is C69H116N4O39-2. The van der Waals surface area contributed by atoms with Crippen molar-refractivity contribution in [1.82, 2.24) is 21.3 Å². The third kappa shape index (κ3) is 25.2. The number of nitrogens with one attached hydrogen (secondary N) is 4. The molecule has 0 saturated carbocycles. The van der Waals surface area contributed by atoms with Crippen LogP contribution >= 0.6 is 0 Å². The second-order valence-electron chi connectivity index (χ2n) is 29.0. The normalized spacial score (nSPS) is 38.2. The molecule has 0 aromatic rings. The molecule has 43 heteroatoms. The summed E-state index contributed by atoms with van der Waals surface area (Å²) in [6.45, 7) is -3.03. The summed E-state index contributed by atoms with van der Waals surface area (Å²) in [5.74, 6) is -14.5. The molecule has 4 amide bonds. The average molecular weight is 1630 g/mol. The Morgan fingerprint density at radius 3 is 1.38 bits per heavy atom. The number of rotatable bonds is 46. The highest BCUT2D eigenvalue weighted by molar-refractivity contribution is 5.76. The summed E-state index contributed by atoms with van der Waals surface area (Å²) in [7, 11) is 0. The van der Waals surface area contributed by atoms with Gasteiger partial charge in [0.25, 0.3) is 0 Å². The van der Waals surface area contributed by atoms with Crippen LogP contribution in [0.3, 0.4) is 0 Å². The number of aliphatic hydroxyl groups excluding tert-OH is 19. The highest BCUT2D eigenvalue weighted by Gasteiger charge is 2.61. The topological polar surface area (TPSA) is 692 Å². The summed E-state index contributed by atoms with van der Waals surface area (Å²) in [5, 5.41) is 247. The lowest BCUT2D eigenvalue weighted by Gasteiger charge is -2.53. The van der Waals surface area contributed by atoms with Gasteiger partial charge in [-0.05, 0) is 12.8 Å². The molecule has 23 N–H and O–H groups in total. The number of carboxylic acids is 2. The van der Waals surface area contributed by atoms with Gasteiger partial charge in [-0.15, -0.1) is 0 Å². The predicted molar refractivity (Wildman–Crippen MR) is 365 cm³/mol. The summed E-state index contributed by atoms with van der Waals surface area (Å²) in [4.78, 5) is 76.2. The maximum atomic E-state index is 13.4. The van der Waals surface area contributed by atoms with Crippen LogP contribution in [0.15, 0.2) is 12.2 Å². The van der Waals surface area contributed by atoms with Crippen molar-refractivity contribution >= 4 is 36.1 Å². The van der Waals surface area contributed by atoms with Crippen molar-refractivity contribution in [1.29, 1.82) is 0 Å². The zero-order valence-corrected chi connectivity index (χ0v) is 62.6. The molecule has 112 heavy (non-hydrogen) atoms. The second-order valence-corrected chi connectivity index (χ2v) is 29.0. The van der Waals surface area contributed by atoms with Crippen LogP contribution in [0.4, 0.5) is 0 Å². The van der Waals surface area contributed by atoms with Crippen molar-refractivity contribution in [2.45, 2.75) is 338 Å². The van der Waals surface area contributed by atoms with Gasteiger partial charge in [0.05, 0.1) is 82.7 Å². The Morgan fingerprint density at radius 2 is 0.902 bits per heavy atom. The van der Waals surface area contributed by atoms with Gasteiger partial charge in [0.15, 0.2) is 25.2 Å². The molecule has 0 radical (unpaired) electrons. The van der Waals surface area contributed by atoms with Crippen molar-refractivity contribution in [2.24, 2.45) is 0 Å². The predicted octanol–water partition coefficient (Wildman–Crippen LogP) is -12.4. The SMILES string of the molecule is CCCCCCCCCCCCCCC/C=C/[C@@H](O)[C@H](CO[C@@H]1O[C@H](CO)[C@@H](O[C@@H]2O[C@H](CO)[C@H](O[C@@H]3O[C@H](CO[C@]4(C(=O)[O-])C[C@H](O)[C@@H](NC(C)=O)[C@H]([C@H](O)[C@H](O)CO)O4)[C@H](O)[C@H](O[C@@H]4O[C@H](CO)[C@H](O)[C@H](O[C@]5(C(=O)[O-])C[C@H](O)[C@@H](NC(C)=O)[C@H]([C@H](O)[C@H](O)CO)O5)[C@H]4O)[C@H]3NC(C)=O)[C@H](O)[C@H]2O)[C@H](O)[C@H]1O)NC=O. The number of amides is 4. The Kier molecular flexibility index (Phi) is 39.4. The minimum absolute atomic E-state index is 0.296. The fourth-order valence-corrected chi connectivity index (χ4v) is 14.3. The van der Waals surface area contributed by atoms with Crippen molar-refractivity contribution < 1.29 is 193 Å². The highest BCUT2D eigenvalue weighted by atomic mass is 16.8. The molecular weight excluding hydrogens is 1510 g/mol. The zero-order chi connectivity index (χ0) is 83.1. The second kappa shape index (κ2) is 45.9. The van der Waals surface area contributed by atoms with E-state index in [2.05, 4.69) is 28.2 Å². The molecule has 6 rings (SSSR count). The summed E-state index contributed by atoms with van der Waals surface area (Å²) < 4.78 is 70.1. The average Bonchev–Trinajstić information content (AvgIpc) is 0.760. The first kappa shape index (κ1) is 96.2. The Balaban J connectivity index is 1.26. The van der Waals surface area contributed by atoms with Gasteiger partial charge >= 0.3 is 0 Å². The molecule has 6 saturated heterocycles. The summed E-state index contributed by atoms with van der Waals surface area (Å²) in [6, 6.07) is -6.88. The van der Waals surface area contributed by atoms with E-state index >= 15 is 0 Å². The molecule has 34 atom stereocenters. The van der Waals surface area contributed by atoms with Gasteiger partial charge < -0.3 is 195 Å². The van der Waals surface area contributed by atoms with E-state index in [-0.39, 0.29) is 0 Å². The van der Waals surface area contributed by atoms with Gasteiger partial charge in [0, 0.05) is 33.6 Å². The van der Waals surface area contributed by atoms with Crippen LogP contribution in [0.25, 0.3) is 0 Å². The maximum absolute atomic E-state index is 13.4. The quantitative estimate of drug-likeness (QED) is 0.0153. The number of carboxylic acid groups (broad SMARTS) is 2. The van der Waals surface area contributed by atoms with E-state index in [9.17, 15) is 136 Å². The Morgan fingerprint density at radius 1 is 0.491 bits per heavy atom. The highest BCUT2D eigenvalue weighted by Crippen LogP contribution is 2.41. The van der Waals surface area contributed by atoms with Crippen molar-refractivity contribution in [3.8, 4) is 0 Å². The maximum Gasteiger partial charge on any atom is 0.217 e. The number of unbranched alkanes of at least 4 members (excludes halogenated alkanes) is 13. The largest absolute Gasteiger partial charge is 0.544 e. The Hall–Kier alpha value is -4.68. The summed E-state index contributed by atoms with van der Waals surface area (Å²) in [6.07, 6.45) is -45.1. The molecule has 0 unspecified atom stereocenters. The molecule has 6 heterocycles. The number of hydrogen-bond acceptors (Lipinski definition) is 39. The number of ether oxygens (including phenoxy) is 12. The molecule has 6 fully saturated rings. The Labute approximate surface area is 644 Å². The minimum Gasteiger partial charge on any atom is -0.544 e. The molecule has 0 aromatic carbocycles. The minimum atomic E-state index is -3.47. The van der Waals surface area contributed by atoms with E-state index < -0.39 is 296 Å². The molecule has 648 valence electrons. The number of carbonyl (C=O) groups is 6. The third-order valence-electron chi connectivity index (χ3n) is 20.5. The van der Waals surface area contributed by atoms with Crippen LogP contribution in [0.5, 0.6) is 0 Å². The number of aliphatic hydroxyl groups is 19. The van der Waals surface area contributed by atoms with Gasteiger partial charge in [0.2, 0.25) is 35.7 Å². The zero-order valence-electron chi connectivity index (χ0n) is 62.6. The summed E-state index contributed by atoms with van der Waals surface area (Å²) >= 11 is 0. The molecule has 6 aliphatic rings. The number of carbonyl (C=O) groups excluding carboxylic acids is 6. The Bertz CT molecular complexity index is 2880. The van der Waals surface area contributed by atoms with Crippen LogP contribution < -0.4 is 31.5 Å². The van der Waals surface area contributed by atoms with Gasteiger partial charge in [-0.25, -0.2) is 0 Å². The fourth-order valence-electron chi connectivity index (χ4n) is 14.3. The van der Waals surface area contributed by atoms with Crippen LogP contribution in [0.1, 0.15) is 130 Å². The fraction of sp³-hybridized carbons (Fsp3) is 0.884. The molecule has 6 aliphatic heterocycles. The van der Waals surface area contributed by atoms with Crippen LogP contribution in [-0.4, -0.2) is 387 Å². The van der Waals surface area contributed by atoms with Crippen LogP contribution in [0.2, 0.25) is 0 Å². The third-order valence-corrected chi connectivity index (χ3v) is 20.5. The van der Waals surface area contributed by atoms with Crippen LogP contribution in [-0.2, 0) is 85.6 Å². The van der Waals surface area contributed by atoms with E-state index in [1.54, 1.807) is 6.08 Å². The van der Waals surface area contributed by atoms with E-state index in [1.807, 2.05) is 0 Å². The monoisotopic (exact) mass is 1620 g/mol. The molecule has 0 aromatic heterocycles. The molecule has 0 bridgehead atoms. The van der Waals surface area contributed by atoms with E-state index in [1.165, 1.54) is 57.4 Å². The lowest BCUT2D eigenvalue weighted by atomic mass is 9.88. The van der Waals surface area contributed by atoms with Gasteiger partial charge in [0.1, 0.15) is 146 Å². The first-order chi connectivity index (χ1) is 53.1. The van der Waals surface area contributed by atoms with Gasteiger partial charge in [-0.2, -0.15) is 0 Å². The van der Waals surface area contributed by atoms with E-state index in [0.717, 1.165) is 52.9 Å². The molecule has 0 aliphatic carbocycles. The lowest BCUT2D eigenvalue weighted by molar-refractivity contribution is -0.412. The van der Waals surface area contributed by atoms with Gasteiger partial charge in [-0.3, -0.25) is 19.2 Å². The lowest BCUT2D eigenvalue weighted by Crippen LogP contribution is -2.73. The van der Waals surface area contributed by atoms with Crippen LogP contribution in [0, 0.1) is 0 Å². The molecule has 43 nitrogen and oxygen atoms in total. The van der Waals surface area contributed by atoms with Gasteiger partial charge in [-0.1, -0.05) is 96.1 Å². The first-order valence-corrected chi connectivity index (χ1v) is 37.7. The smallest absolute Gasteiger partial charge is 0.217 e.